The van der Waals surface area contributed by atoms with Crippen LogP contribution >= 0.6 is 0 Å². The van der Waals surface area contributed by atoms with Crippen molar-refractivity contribution in [2.24, 2.45) is 0 Å². The van der Waals surface area contributed by atoms with Gasteiger partial charge in [-0.3, -0.25) is 0 Å². The lowest BCUT2D eigenvalue weighted by Gasteiger charge is -2.20. The number of fused-ring (bicyclic) bond motifs is 1. The van der Waals surface area contributed by atoms with E-state index in [9.17, 15) is 4.79 Å². The van der Waals surface area contributed by atoms with Crippen LogP contribution in [0.15, 0.2) is 71.3 Å². The fraction of sp³-hybridized carbons (Fsp3) is 0.261. The molecule has 0 unspecified atom stereocenters. The molecule has 1 aliphatic rings. The maximum Gasteiger partial charge on any atom is 0.319 e. The van der Waals surface area contributed by atoms with Crippen LogP contribution in [0.5, 0.6) is 0 Å². The first-order chi connectivity index (χ1) is 14.3. The van der Waals surface area contributed by atoms with Gasteiger partial charge in [-0.15, -0.1) is 0 Å². The molecule has 4 rings (SSSR count). The predicted octanol–water partition coefficient (Wildman–Crippen LogP) is 4.70. The number of carbonyl (C=O) groups is 1. The SMILES string of the molecule is O=C(NCCCOCc1ccco1)Nc1ccc(N2CCc3ccccc32)cc1. The van der Waals surface area contributed by atoms with E-state index >= 15 is 0 Å². The number of carbonyl (C=O) groups excluding carboxylic acids is 1. The Morgan fingerprint density at radius 2 is 1.93 bits per heavy atom. The van der Waals surface area contributed by atoms with Crippen LogP contribution in [0, 0.1) is 0 Å². The zero-order chi connectivity index (χ0) is 19.9. The Hall–Kier alpha value is -3.25. The molecule has 2 aromatic carbocycles. The number of urea groups is 1. The van der Waals surface area contributed by atoms with Gasteiger partial charge in [0, 0.05) is 36.8 Å². The maximum absolute atomic E-state index is 12.0. The molecule has 0 saturated carbocycles. The zero-order valence-electron chi connectivity index (χ0n) is 16.3. The third-order valence-electron chi connectivity index (χ3n) is 4.90. The molecule has 0 bridgehead atoms. The normalized spacial score (nSPS) is 12.6. The average Bonchev–Trinajstić information content (AvgIpc) is 3.41. The van der Waals surface area contributed by atoms with Gasteiger partial charge in [-0.2, -0.15) is 0 Å². The largest absolute Gasteiger partial charge is 0.467 e. The first-order valence-electron chi connectivity index (χ1n) is 9.90. The second-order valence-corrected chi connectivity index (χ2v) is 6.94. The summed E-state index contributed by atoms with van der Waals surface area (Å²) in [4.78, 5) is 14.4. The molecular weight excluding hydrogens is 366 g/mol. The number of amides is 2. The van der Waals surface area contributed by atoms with Crippen LogP contribution in [0.25, 0.3) is 0 Å². The average molecular weight is 391 g/mol. The van der Waals surface area contributed by atoms with Crippen LogP contribution in [-0.4, -0.2) is 25.7 Å². The third-order valence-corrected chi connectivity index (χ3v) is 4.90. The van der Waals surface area contributed by atoms with E-state index in [1.54, 1.807) is 6.26 Å². The van der Waals surface area contributed by atoms with Crippen molar-refractivity contribution in [1.29, 1.82) is 0 Å². The second-order valence-electron chi connectivity index (χ2n) is 6.94. The fourth-order valence-electron chi connectivity index (χ4n) is 3.45. The van der Waals surface area contributed by atoms with Crippen LogP contribution in [0.2, 0.25) is 0 Å². The van der Waals surface area contributed by atoms with Crippen LogP contribution in [-0.2, 0) is 17.8 Å². The van der Waals surface area contributed by atoms with Crippen molar-refractivity contribution in [2.75, 3.05) is 29.9 Å². The summed E-state index contributed by atoms with van der Waals surface area (Å²) >= 11 is 0. The van der Waals surface area contributed by atoms with Crippen molar-refractivity contribution >= 4 is 23.1 Å². The summed E-state index contributed by atoms with van der Waals surface area (Å²) in [5.41, 5.74) is 4.55. The Kier molecular flexibility index (Phi) is 6.12. The van der Waals surface area contributed by atoms with Crippen molar-refractivity contribution in [1.82, 2.24) is 5.32 Å². The monoisotopic (exact) mass is 391 g/mol. The molecule has 0 aliphatic carbocycles. The van der Waals surface area contributed by atoms with Gasteiger partial charge in [-0.1, -0.05) is 18.2 Å². The minimum Gasteiger partial charge on any atom is -0.467 e. The van der Waals surface area contributed by atoms with Crippen molar-refractivity contribution in [3.63, 3.8) is 0 Å². The van der Waals surface area contributed by atoms with E-state index in [2.05, 4.69) is 39.8 Å². The fourth-order valence-corrected chi connectivity index (χ4v) is 3.45. The number of furan rings is 1. The minimum absolute atomic E-state index is 0.213. The molecule has 0 atom stereocenters. The van der Waals surface area contributed by atoms with Gasteiger partial charge in [0.1, 0.15) is 12.4 Å². The highest BCUT2D eigenvalue weighted by Gasteiger charge is 2.19. The summed E-state index contributed by atoms with van der Waals surface area (Å²) < 4.78 is 10.7. The number of ether oxygens (including phenoxy) is 1. The topological polar surface area (TPSA) is 66.7 Å². The number of rotatable bonds is 8. The first-order valence-corrected chi connectivity index (χ1v) is 9.90. The number of anilines is 3. The third kappa shape index (κ3) is 4.97. The number of nitrogens with zero attached hydrogens (tertiary/aromatic N) is 1. The molecule has 6 heteroatoms. The summed E-state index contributed by atoms with van der Waals surface area (Å²) in [6.45, 7) is 2.54. The molecule has 2 amide bonds. The number of benzene rings is 2. The molecule has 0 fully saturated rings. The van der Waals surface area contributed by atoms with Crippen LogP contribution in [0.3, 0.4) is 0 Å². The molecule has 2 N–H and O–H groups in total. The smallest absolute Gasteiger partial charge is 0.319 e. The molecule has 29 heavy (non-hydrogen) atoms. The molecule has 3 aromatic rings. The van der Waals surface area contributed by atoms with Gasteiger partial charge < -0.3 is 24.7 Å². The van der Waals surface area contributed by atoms with Gasteiger partial charge in [0.2, 0.25) is 0 Å². The number of hydrogen-bond acceptors (Lipinski definition) is 4. The van der Waals surface area contributed by atoms with E-state index in [0.717, 1.165) is 36.5 Å². The molecular formula is C23H25N3O3. The molecule has 2 heterocycles. The van der Waals surface area contributed by atoms with Gasteiger partial charge in [0.05, 0.1) is 6.26 Å². The van der Waals surface area contributed by atoms with Crippen LogP contribution in [0.4, 0.5) is 21.9 Å². The van der Waals surface area contributed by atoms with Crippen LogP contribution in [0.1, 0.15) is 17.7 Å². The van der Waals surface area contributed by atoms with E-state index in [1.807, 2.05) is 36.4 Å². The Morgan fingerprint density at radius 3 is 2.76 bits per heavy atom. The van der Waals surface area contributed by atoms with Gasteiger partial charge in [0.25, 0.3) is 0 Å². The maximum atomic E-state index is 12.0. The highest BCUT2D eigenvalue weighted by Crippen LogP contribution is 2.34. The molecule has 0 spiro atoms. The summed E-state index contributed by atoms with van der Waals surface area (Å²) in [6.07, 6.45) is 3.42. The standard InChI is InChI=1S/C23H25N3O3/c27-23(24-13-4-15-28-17-21-6-3-16-29-21)25-19-8-10-20(11-9-19)26-14-12-18-5-1-2-7-22(18)26/h1-3,5-11,16H,4,12-15,17H2,(H2,24,25,27). The Labute approximate surface area is 170 Å². The summed E-state index contributed by atoms with van der Waals surface area (Å²) in [6, 6.07) is 19.9. The number of para-hydroxylation sites is 1. The quantitative estimate of drug-likeness (QED) is 0.546. The predicted molar refractivity (Wildman–Crippen MR) is 114 cm³/mol. The van der Waals surface area contributed by atoms with Crippen molar-refractivity contribution in [3.8, 4) is 0 Å². The zero-order valence-corrected chi connectivity index (χ0v) is 16.3. The summed E-state index contributed by atoms with van der Waals surface area (Å²) in [5, 5.41) is 5.71. The van der Waals surface area contributed by atoms with Crippen LogP contribution < -0.4 is 15.5 Å². The van der Waals surface area contributed by atoms with Gasteiger partial charge in [0.15, 0.2) is 0 Å². The van der Waals surface area contributed by atoms with Gasteiger partial charge >= 0.3 is 6.03 Å². The number of hydrogen-bond donors (Lipinski definition) is 2. The Bertz CT molecular complexity index is 923. The van der Waals surface area contributed by atoms with E-state index in [4.69, 9.17) is 9.15 Å². The molecule has 0 saturated heterocycles. The Balaban J connectivity index is 1.18. The van der Waals surface area contributed by atoms with E-state index < -0.39 is 0 Å². The Morgan fingerprint density at radius 1 is 1.07 bits per heavy atom. The first kappa shape index (κ1) is 19.1. The van der Waals surface area contributed by atoms with E-state index in [1.165, 1.54) is 11.3 Å². The van der Waals surface area contributed by atoms with Crippen molar-refractivity contribution in [2.45, 2.75) is 19.4 Å². The van der Waals surface area contributed by atoms with Gasteiger partial charge in [-0.05, 0) is 60.9 Å². The summed E-state index contributed by atoms with van der Waals surface area (Å²) in [7, 11) is 0. The van der Waals surface area contributed by atoms with E-state index in [0.29, 0.717) is 19.8 Å². The van der Waals surface area contributed by atoms with Gasteiger partial charge in [-0.25, -0.2) is 4.79 Å². The van der Waals surface area contributed by atoms with Crippen molar-refractivity contribution in [3.05, 3.63) is 78.3 Å². The lowest BCUT2D eigenvalue weighted by molar-refractivity contribution is 0.104. The lowest BCUT2D eigenvalue weighted by Crippen LogP contribution is -2.30. The molecule has 1 aliphatic heterocycles. The summed E-state index contributed by atoms with van der Waals surface area (Å²) in [5.74, 6) is 0.802. The molecule has 1 aromatic heterocycles. The molecule has 6 nitrogen and oxygen atoms in total. The molecule has 0 radical (unpaired) electrons. The molecule has 150 valence electrons. The highest BCUT2D eigenvalue weighted by atomic mass is 16.5. The van der Waals surface area contributed by atoms with Crippen molar-refractivity contribution < 1.29 is 13.9 Å². The minimum atomic E-state index is -0.213. The second kappa shape index (κ2) is 9.30. The highest BCUT2D eigenvalue weighted by molar-refractivity contribution is 5.89. The lowest BCUT2D eigenvalue weighted by atomic mass is 10.2. The van der Waals surface area contributed by atoms with E-state index in [-0.39, 0.29) is 6.03 Å². The number of nitrogens with one attached hydrogen (secondary N) is 2.